The summed E-state index contributed by atoms with van der Waals surface area (Å²) in [5.74, 6) is -0.525. The van der Waals surface area contributed by atoms with E-state index in [1.807, 2.05) is 0 Å². The van der Waals surface area contributed by atoms with Gasteiger partial charge < -0.3 is 5.32 Å². The highest BCUT2D eigenvalue weighted by molar-refractivity contribution is 6.31. The second-order valence-electron chi connectivity index (χ2n) is 4.34. The number of rotatable bonds is 7. The van der Waals surface area contributed by atoms with Crippen LogP contribution in [0.4, 0.5) is 10.1 Å². The molecule has 0 radical (unpaired) electrons. The Bertz CT molecular complexity index is 395. The number of anilines is 1. The zero-order valence-corrected chi connectivity index (χ0v) is 11.4. The fourth-order valence-electron chi connectivity index (χ4n) is 1.69. The van der Waals surface area contributed by atoms with Gasteiger partial charge in [0.1, 0.15) is 5.82 Å². The number of hydrogen-bond acceptors (Lipinski definition) is 1. The van der Waals surface area contributed by atoms with E-state index in [2.05, 4.69) is 12.2 Å². The molecule has 0 aliphatic carbocycles. The van der Waals surface area contributed by atoms with Crippen molar-refractivity contribution >= 4 is 23.2 Å². The lowest BCUT2D eigenvalue weighted by Gasteiger charge is -2.06. The van der Waals surface area contributed by atoms with Gasteiger partial charge in [-0.05, 0) is 24.6 Å². The number of carbonyl (C=O) groups excluding carboxylic acids is 1. The Labute approximate surface area is 113 Å². The van der Waals surface area contributed by atoms with Crippen LogP contribution in [0, 0.1) is 5.82 Å². The fraction of sp³-hybridized carbons (Fsp3) is 0.500. The molecule has 0 saturated carbocycles. The van der Waals surface area contributed by atoms with Gasteiger partial charge in [-0.3, -0.25) is 4.79 Å². The molecule has 0 aromatic heterocycles. The summed E-state index contributed by atoms with van der Waals surface area (Å²) in [6.07, 6.45) is 6.05. The van der Waals surface area contributed by atoms with E-state index in [1.54, 1.807) is 0 Å². The van der Waals surface area contributed by atoms with Crippen molar-refractivity contribution in [1.82, 2.24) is 0 Å². The number of nitrogens with one attached hydrogen (secondary N) is 1. The van der Waals surface area contributed by atoms with E-state index in [1.165, 1.54) is 37.5 Å². The molecule has 1 aromatic carbocycles. The van der Waals surface area contributed by atoms with Gasteiger partial charge >= 0.3 is 0 Å². The van der Waals surface area contributed by atoms with Crippen molar-refractivity contribution in [2.24, 2.45) is 0 Å². The largest absolute Gasteiger partial charge is 0.326 e. The predicted octanol–water partition coefficient (Wildman–Crippen LogP) is 4.78. The monoisotopic (exact) mass is 271 g/mol. The van der Waals surface area contributed by atoms with Crippen LogP contribution < -0.4 is 5.32 Å². The zero-order chi connectivity index (χ0) is 13.4. The normalized spacial score (nSPS) is 10.4. The van der Waals surface area contributed by atoms with Gasteiger partial charge in [0.2, 0.25) is 5.91 Å². The smallest absolute Gasteiger partial charge is 0.224 e. The first-order chi connectivity index (χ1) is 8.63. The molecule has 0 atom stereocenters. The average Bonchev–Trinajstić information content (AvgIpc) is 2.34. The summed E-state index contributed by atoms with van der Waals surface area (Å²) in [7, 11) is 0. The maximum atomic E-state index is 12.9. The lowest BCUT2D eigenvalue weighted by molar-refractivity contribution is -0.116. The lowest BCUT2D eigenvalue weighted by atomic mass is 10.1. The topological polar surface area (TPSA) is 29.1 Å². The molecular formula is C14H19ClFNO. The third-order valence-corrected chi connectivity index (χ3v) is 3.00. The molecule has 0 aliphatic heterocycles. The molecule has 0 fully saturated rings. The number of benzene rings is 1. The van der Waals surface area contributed by atoms with Gasteiger partial charge in [0.05, 0.1) is 5.02 Å². The zero-order valence-electron chi connectivity index (χ0n) is 10.6. The van der Waals surface area contributed by atoms with Gasteiger partial charge in [0, 0.05) is 12.1 Å². The van der Waals surface area contributed by atoms with Gasteiger partial charge in [-0.2, -0.15) is 0 Å². The van der Waals surface area contributed by atoms with Gasteiger partial charge in [-0.1, -0.05) is 44.2 Å². The van der Waals surface area contributed by atoms with Gasteiger partial charge in [-0.15, -0.1) is 0 Å². The Balaban J connectivity index is 2.29. The molecule has 18 heavy (non-hydrogen) atoms. The molecule has 1 rings (SSSR count). The molecule has 0 unspecified atom stereocenters. The van der Waals surface area contributed by atoms with E-state index in [4.69, 9.17) is 11.6 Å². The van der Waals surface area contributed by atoms with Crippen molar-refractivity contribution < 1.29 is 9.18 Å². The van der Waals surface area contributed by atoms with Gasteiger partial charge in [0.15, 0.2) is 0 Å². The summed E-state index contributed by atoms with van der Waals surface area (Å²) < 4.78 is 12.9. The standard InChI is InChI=1S/C14H19ClFNO/c1-2-3-4-5-6-7-14(18)17-11-8-9-13(16)12(15)10-11/h8-10H,2-7H2,1H3,(H,17,18). The molecule has 0 saturated heterocycles. The minimum atomic E-state index is -0.478. The Morgan fingerprint density at radius 2 is 2.00 bits per heavy atom. The Hall–Kier alpha value is -1.09. The molecule has 100 valence electrons. The van der Waals surface area contributed by atoms with Crippen LogP contribution in [-0.2, 0) is 4.79 Å². The second-order valence-corrected chi connectivity index (χ2v) is 4.75. The van der Waals surface area contributed by atoms with Crippen LogP contribution in [0.3, 0.4) is 0 Å². The summed E-state index contributed by atoms with van der Waals surface area (Å²) in [5.41, 5.74) is 0.542. The number of unbranched alkanes of at least 4 members (excludes halogenated alkanes) is 4. The summed E-state index contributed by atoms with van der Waals surface area (Å²) in [4.78, 5) is 11.6. The fourth-order valence-corrected chi connectivity index (χ4v) is 1.87. The first-order valence-corrected chi connectivity index (χ1v) is 6.76. The maximum absolute atomic E-state index is 12.9. The lowest BCUT2D eigenvalue weighted by Crippen LogP contribution is -2.11. The first kappa shape index (κ1) is 15.0. The van der Waals surface area contributed by atoms with Crippen LogP contribution in [0.1, 0.15) is 45.4 Å². The van der Waals surface area contributed by atoms with Crippen LogP contribution in [-0.4, -0.2) is 5.91 Å². The van der Waals surface area contributed by atoms with Crippen molar-refractivity contribution in [3.05, 3.63) is 29.0 Å². The molecule has 2 nitrogen and oxygen atoms in total. The Kier molecular flexibility index (Phi) is 6.73. The molecule has 1 amide bonds. The van der Waals surface area contributed by atoms with E-state index in [0.717, 1.165) is 12.8 Å². The van der Waals surface area contributed by atoms with Crippen LogP contribution in [0.2, 0.25) is 5.02 Å². The molecular weight excluding hydrogens is 253 g/mol. The summed E-state index contributed by atoms with van der Waals surface area (Å²) in [6, 6.07) is 4.18. The first-order valence-electron chi connectivity index (χ1n) is 6.38. The van der Waals surface area contributed by atoms with Crippen LogP contribution >= 0.6 is 11.6 Å². The second kappa shape index (κ2) is 8.09. The maximum Gasteiger partial charge on any atom is 0.224 e. The van der Waals surface area contributed by atoms with E-state index < -0.39 is 5.82 Å². The Morgan fingerprint density at radius 1 is 1.28 bits per heavy atom. The molecule has 0 bridgehead atoms. The quantitative estimate of drug-likeness (QED) is 0.711. The van der Waals surface area contributed by atoms with E-state index in [-0.39, 0.29) is 10.9 Å². The molecule has 1 aromatic rings. The van der Waals surface area contributed by atoms with Crippen LogP contribution in [0.25, 0.3) is 0 Å². The number of halogens is 2. The molecule has 1 N–H and O–H groups in total. The van der Waals surface area contributed by atoms with Crippen molar-refractivity contribution in [3.8, 4) is 0 Å². The van der Waals surface area contributed by atoms with Crippen molar-refractivity contribution in [3.63, 3.8) is 0 Å². The Morgan fingerprint density at radius 3 is 2.67 bits per heavy atom. The highest BCUT2D eigenvalue weighted by atomic mass is 35.5. The van der Waals surface area contributed by atoms with Gasteiger partial charge in [0.25, 0.3) is 0 Å². The molecule has 0 heterocycles. The highest BCUT2D eigenvalue weighted by Gasteiger charge is 2.05. The molecule has 0 spiro atoms. The number of hydrogen-bond donors (Lipinski definition) is 1. The molecule has 0 aliphatic rings. The van der Waals surface area contributed by atoms with Crippen LogP contribution in [0.15, 0.2) is 18.2 Å². The van der Waals surface area contributed by atoms with Crippen molar-refractivity contribution in [2.45, 2.75) is 45.4 Å². The predicted molar refractivity (Wildman–Crippen MR) is 73.4 cm³/mol. The average molecular weight is 272 g/mol. The summed E-state index contributed by atoms with van der Waals surface area (Å²) in [5, 5.41) is 2.73. The van der Waals surface area contributed by atoms with Gasteiger partial charge in [-0.25, -0.2) is 4.39 Å². The minimum Gasteiger partial charge on any atom is -0.326 e. The molecule has 4 heteroatoms. The third kappa shape index (κ3) is 5.50. The van der Waals surface area contributed by atoms with E-state index in [9.17, 15) is 9.18 Å². The highest BCUT2D eigenvalue weighted by Crippen LogP contribution is 2.19. The van der Waals surface area contributed by atoms with Crippen molar-refractivity contribution in [2.75, 3.05) is 5.32 Å². The number of amides is 1. The van der Waals surface area contributed by atoms with Crippen molar-refractivity contribution in [1.29, 1.82) is 0 Å². The summed E-state index contributed by atoms with van der Waals surface area (Å²) in [6.45, 7) is 2.16. The third-order valence-electron chi connectivity index (χ3n) is 2.71. The SMILES string of the molecule is CCCCCCCC(=O)Nc1ccc(F)c(Cl)c1. The van der Waals surface area contributed by atoms with E-state index >= 15 is 0 Å². The summed E-state index contributed by atoms with van der Waals surface area (Å²) >= 11 is 5.63. The van der Waals surface area contributed by atoms with Crippen LogP contribution in [0.5, 0.6) is 0 Å². The minimum absolute atomic E-state index is 0.0238. The van der Waals surface area contributed by atoms with E-state index in [0.29, 0.717) is 12.1 Å². The number of carbonyl (C=O) groups is 1.